The molecule has 2 rings (SSSR count). The second kappa shape index (κ2) is 11.2. The molecule has 0 aliphatic heterocycles. The SMILES string of the molecule is Cc1ccc(CNC(=O)Cc2ccc(COC(=O)CNC(=O)OC(C)(C)C)cc2)cc1. The van der Waals surface area contributed by atoms with Gasteiger partial charge in [0, 0.05) is 6.54 Å². The van der Waals surface area contributed by atoms with E-state index in [-0.39, 0.29) is 25.5 Å². The number of amides is 2. The Labute approximate surface area is 183 Å². The minimum atomic E-state index is -0.672. The van der Waals surface area contributed by atoms with E-state index in [1.54, 1.807) is 32.9 Å². The van der Waals surface area contributed by atoms with Gasteiger partial charge in [0.2, 0.25) is 5.91 Å². The minimum absolute atomic E-state index is 0.0621. The molecule has 2 aromatic carbocycles. The fraction of sp³-hybridized carbons (Fsp3) is 0.375. The molecule has 0 fully saturated rings. The predicted octanol–water partition coefficient (Wildman–Crippen LogP) is 3.42. The highest BCUT2D eigenvalue weighted by molar-refractivity contribution is 5.79. The zero-order valence-electron chi connectivity index (χ0n) is 18.5. The van der Waals surface area contributed by atoms with Gasteiger partial charge in [0.1, 0.15) is 18.8 Å². The number of rotatable bonds is 8. The Bertz CT molecular complexity index is 884. The second-order valence-corrected chi connectivity index (χ2v) is 8.27. The molecule has 0 atom stereocenters. The number of alkyl carbamates (subject to hydrolysis) is 1. The predicted molar refractivity (Wildman–Crippen MR) is 117 cm³/mol. The van der Waals surface area contributed by atoms with Gasteiger partial charge in [0.25, 0.3) is 0 Å². The van der Waals surface area contributed by atoms with Crippen molar-refractivity contribution < 1.29 is 23.9 Å². The summed E-state index contributed by atoms with van der Waals surface area (Å²) in [7, 11) is 0. The Morgan fingerprint density at radius 3 is 2.03 bits per heavy atom. The Balaban J connectivity index is 1.70. The van der Waals surface area contributed by atoms with E-state index in [4.69, 9.17) is 9.47 Å². The van der Waals surface area contributed by atoms with Crippen LogP contribution in [0.5, 0.6) is 0 Å². The summed E-state index contributed by atoms with van der Waals surface area (Å²) in [5, 5.41) is 5.26. The average molecular weight is 427 g/mol. The lowest BCUT2D eigenvalue weighted by Gasteiger charge is -2.19. The Morgan fingerprint density at radius 2 is 1.42 bits per heavy atom. The van der Waals surface area contributed by atoms with Crippen LogP contribution in [0.15, 0.2) is 48.5 Å². The van der Waals surface area contributed by atoms with E-state index in [1.165, 1.54) is 5.56 Å². The van der Waals surface area contributed by atoms with Gasteiger partial charge < -0.3 is 20.1 Å². The van der Waals surface area contributed by atoms with E-state index in [0.717, 1.165) is 16.7 Å². The van der Waals surface area contributed by atoms with Gasteiger partial charge in [0.05, 0.1) is 6.42 Å². The normalized spacial score (nSPS) is 10.8. The van der Waals surface area contributed by atoms with Crippen molar-refractivity contribution in [1.82, 2.24) is 10.6 Å². The number of hydrogen-bond donors (Lipinski definition) is 2. The molecule has 0 unspecified atom stereocenters. The summed E-state index contributed by atoms with van der Waals surface area (Å²) >= 11 is 0. The van der Waals surface area contributed by atoms with Crippen LogP contribution in [0, 0.1) is 6.92 Å². The molecule has 0 saturated carbocycles. The number of hydrogen-bond acceptors (Lipinski definition) is 5. The second-order valence-electron chi connectivity index (χ2n) is 8.27. The number of benzene rings is 2. The highest BCUT2D eigenvalue weighted by atomic mass is 16.6. The van der Waals surface area contributed by atoms with Crippen molar-refractivity contribution in [3.05, 3.63) is 70.8 Å². The molecule has 0 aliphatic carbocycles. The molecule has 166 valence electrons. The molecule has 0 bridgehead atoms. The van der Waals surface area contributed by atoms with Crippen molar-refractivity contribution in [2.24, 2.45) is 0 Å². The topological polar surface area (TPSA) is 93.7 Å². The Morgan fingerprint density at radius 1 is 0.839 bits per heavy atom. The average Bonchev–Trinajstić information content (AvgIpc) is 2.70. The lowest BCUT2D eigenvalue weighted by Crippen LogP contribution is -2.36. The van der Waals surface area contributed by atoms with E-state index in [2.05, 4.69) is 10.6 Å². The number of aryl methyl sites for hydroxylation is 1. The van der Waals surface area contributed by atoms with Gasteiger partial charge >= 0.3 is 12.1 Å². The number of carbonyl (C=O) groups is 3. The van der Waals surface area contributed by atoms with Crippen LogP contribution < -0.4 is 10.6 Å². The molecular formula is C24H30N2O5. The van der Waals surface area contributed by atoms with Crippen LogP contribution >= 0.6 is 0 Å². The number of nitrogens with one attached hydrogen (secondary N) is 2. The molecule has 0 aromatic heterocycles. The molecule has 7 nitrogen and oxygen atoms in total. The van der Waals surface area contributed by atoms with Gasteiger partial charge in [-0.15, -0.1) is 0 Å². The van der Waals surface area contributed by atoms with Crippen LogP contribution in [-0.4, -0.2) is 30.1 Å². The summed E-state index contributed by atoms with van der Waals surface area (Å²) < 4.78 is 10.2. The van der Waals surface area contributed by atoms with Gasteiger partial charge in [-0.2, -0.15) is 0 Å². The number of carbonyl (C=O) groups excluding carboxylic acids is 3. The van der Waals surface area contributed by atoms with Crippen molar-refractivity contribution in [2.45, 2.75) is 52.9 Å². The first-order valence-corrected chi connectivity index (χ1v) is 10.1. The third-order valence-electron chi connectivity index (χ3n) is 4.17. The molecule has 2 N–H and O–H groups in total. The standard InChI is InChI=1S/C24H30N2O5/c1-17-5-7-19(8-6-17)14-25-21(27)13-18-9-11-20(12-10-18)16-30-22(28)15-26-23(29)31-24(2,3)4/h5-12H,13-16H2,1-4H3,(H,25,27)(H,26,29). The quantitative estimate of drug-likeness (QED) is 0.631. The van der Waals surface area contributed by atoms with E-state index in [9.17, 15) is 14.4 Å². The number of esters is 1. The maximum absolute atomic E-state index is 12.1. The van der Waals surface area contributed by atoms with E-state index >= 15 is 0 Å². The maximum Gasteiger partial charge on any atom is 0.408 e. The third kappa shape index (κ3) is 9.80. The van der Waals surface area contributed by atoms with Crippen LogP contribution in [0.1, 0.15) is 43.0 Å². The fourth-order valence-electron chi connectivity index (χ4n) is 2.58. The smallest absolute Gasteiger partial charge is 0.408 e. The summed E-state index contributed by atoms with van der Waals surface area (Å²) in [5.74, 6) is -0.626. The summed E-state index contributed by atoms with van der Waals surface area (Å²) in [6, 6.07) is 15.3. The molecule has 31 heavy (non-hydrogen) atoms. The number of ether oxygens (including phenoxy) is 2. The Hall–Kier alpha value is -3.35. The first kappa shape index (κ1) is 23.9. The van der Waals surface area contributed by atoms with Crippen LogP contribution in [0.4, 0.5) is 4.79 Å². The zero-order valence-corrected chi connectivity index (χ0v) is 18.5. The van der Waals surface area contributed by atoms with Crippen molar-refractivity contribution in [1.29, 1.82) is 0 Å². The summed E-state index contributed by atoms with van der Waals surface area (Å²) in [4.78, 5) is 35.4. The first-order valence-electron chi connectivity index (χ1n) is 10.1. The molecule has 0 heterocycles. The molecule has 2 aromatic rings. The lowest BCUT2D eigenvalue weighted by atomic mass is 10.1. The molecule has 0 aliphatic rings. The lowest BCUT2D eigenvalue weighted by molar-refractivity contribution is -0.143. The van der Waals surface area contributed by atoms with Gasteiger partial charge in [-0.05, 0) is 44.4 Å². The van der Waals surface area contributed by atoms with Crippen LogP contribution in [0.25, 0.3) is 0 Å². The molecule has 0 saturated heterocycles. The highest BCUT2D eigenvalue weighted by Gasteiger charge is 2.16. The largest absolute Gasteiger partial charge is 0.460 e. The van der Waals surface area contributed by atoms with Crippen molar-refractivity contribution >= 4 is 18.0 Å². The van der Waals surface area contributed by atoms with Crippen LogP contribution in [0.3, 0.4) is 0 Å². The van der Waals surface area contributed by atoms with Crippen molar-refractivity contribution in [3.8, 4) is 0 Å². The Kier molecular flexibility index (Phi) is 8.61. The van der Waals surface area contributed by atoms with E-state index in [1.807, 2.05) is 43.3 Å². The van der Waals surface area contributed by atoms with Gasteiger partial charge in [-0.1, -0.05) is 54.1 Å². The molecule has 0 radical (unpaired) electrons. The first-order chi connectivity index (χ1) is 14.6. The van der Waals surface area contributed by atoms with Crippen molar-refractivity contribution in [2.75, 3.05) is 6.54 Å². The maximum atomic E-state index is 12.1. The zero-order chi connectivity index (χ0) is 22.9. The van der Waals surface area contributed by atoms with Crippen molar-refractivity contribution in [3.63, 3.8) is 0 Å². The summed E-state index contributed by atoms with van der Waals surface area (Å²) in [6.07, 6.45) is -0.402. The van der Waals surface area contributed by atoms with Gasteiger partial charge in [-0.25, -0.2) is 4.79 Å². The van der Waals surface area contributed by atoms with Gasteiger partial charge in [-0.3, -0.25) is 9.59 Å². The monoisotopic (exact) mass is 426 g/mol. The summed E-state index contributed by atoms with van der Waals surface area (Å²) in [6.45, 7) is 7.54. The minimum Gasteiger partial charge on any atom is -0.460 e. The molecule has 0 spiro atoms. The summed E-state index contributed by atoms with van der Waals surface area (Å²) in [5.41, 5.74) is 3.25. The van der Waals surface area contributed by atoms with Gasteiger partial charge in [0.15, 0.2) is 0 Å². The molecule has 2 amide bonds. The third-order valence-corrected chi connectivity index (χ3v) is 4.17. The van der Waals surface area contributed by atoms with E-state index in [0.29, 0.717) is 6.54 Å². The van der Waals surface area contributed by atoms with Crippen LogP contribution in [-0.2, 0) is 38.6 Å². The fourth-order valence-corrected chi connectivity index (χ4v) is 2.58. The molecular weight excluding hydrogens is 396 g/mol. The van der Waals surface area contributed by atoms with E-state index < -0.39 is 17.7 Å². The molecule has 7 heteroatoms. The highest BCUT2D eigenvalue weighted by Crippen LogP contribution is 2.08. The van der Waals surface area contributed by atoms with Crippen LogP contribution in [0.2, 0.25) is 0 Å².